The Morgan fingerprint density at radius 3 is 2.71 bits per heavy atom. The number of ether oxygens (including phenoxy) is 1. The summed E-state index contributed by atoms with van der Waals surface area (Å²) in [5, 5.41) is 15.9. The lowest BCUT2D eigenvalue weighted by Gasteiger charge is -2.09. The van der Waals surface area contributed by atoms with Gasteiger partial charge >= 0.3 is 5.97 Å². The molecule has 0 saturated carbocycles. The molecule has 4 aromatic rings. The number of benzene rings is 1. The molecule has 0 fully saturated rings. The van der Waals surface area contributed by atoms with E-state index in [0.29, 0.717) is 33.7 Å². The van der Waals surface area contributed by atoms with Crippen molar-refractivity contribution in [1.82, 2.24) is 14.8 Å². The van der Waals surface area contributed by atoms with Gasteiger partial charge in [-0.3, -0.25) is 9.36 Å². The summed E-state index contributed by atoms with van der Waals surface area (Å²) in [5.41, 5.74) is 1.44. The van der Waals surface area contributed by atoms with Gasteiger partial charge in [-0.15, -0.1) is 39.4 Å². The molecule has 11 heteroatoms. The lowest BCUT2D eigenvalue weighted by atomic mass is 10.0. The molecule has 0 aliphatic carbocycles. The van der Waals surface area contributed by atoms with Crippen molar-refractivity contribution in [2.75, 3.05) is 18.2 Å². The van der Waals surface area contributed by atoms with Crippen LogP contribution in [-0.4, -0.2) is 39.5 Å². The Labute approximate surface area is 207 Å². The number of nitrogens with zero attached hydrogens (tertiary/aromatic N) is 3. The number of amides is 1. The summed E-state index contributed by atoms with van der Waals surface area (Å²) in [4.78, 5) is 26.2. The molecule has 4 rings (SSSR count). The lowest BCUT2D eigenvalue weighted by Crippen LogP contribution is -2.16. The van der Waals surface area contributed by atoms with Crippen molar-refractivity contribution in [2.45, 2.75) is 11.7 Å². The van der Waals surface area contributed by atoms with Crippen LogP contribution in [0.25, 0.3) is 21.8 Å². The molecule has 0 aliphatic heterocycles. The van der Waals surface area contributed by atoms with E-state index in [-0.39, 0.29) is 23.0 Å². The molecular weight excluding hydrogens is 495 g/mol. The number of aromatic nitrogens is 3. The Kier molecular flexibility index (Phi) is 7.56. The second-order valence-electron chi connectivity index (χ2n) is 6.87. The second kappa shape index (κ2) is 10.8. The van der Waals surface area contributed by atoms with Crippen LogP contribution in [0, 0.1) is 5.82 Å². The molecular formula is C23H19FN4O3S3. The van der Waals surface area contributed by atoms with Crippen LogP contribution in [0.5, 0.6) is 0 Å². The molecule has 0 unspecified atom stereocenters. The van der Waals surface area contributed by atoms with Crippen molar-refractivity contribution in [3.8, 4) is 21.8 Å². The largest absolute Gasteiger partial charge is 0.465 e. The number of esters is 1. The highest BCUT2D eigenvalue weighted by Gasteiger charge is 2.23. The Hall–Kier alpha value is -3.28. The van der Waals surface area contributed by atoms with E-state index in [1.807, 2.05) is 22.1 Å². The Morgan fingerprint density at radius 1 is 1.24 bits per heavy atom. The number of thiophene rings is 2. The van der Waals surface area contributed by atoms with Gasteiger partial charge in [-0.1, -0.05) is 36.0 Å². The zero-order chi connectivity index (χ0) is 24.1. The maximum Gasteiger partial charge on any atom is 0.341 e. The average molecular weight is 515 g/mol. The van der Waals surface area contributed by atoms with Crippen LogP contribution < -0.4 is 5.32 Å². The first kappa shape index (κ1) is 23.9. The van der Waals surface area contributed by atoms with Crippen molar-refractivity contribution in [3.63, 3.8) is 0 Å². The number of methoxy groups -OCH3 is 1. The highest BCUT2D eigenvalue weighted by molar-refractivity contribution is 7.99. The van der Waals surface area contributed by atoms with Crippen LogP contribution in [0.1, 0.15) is 10.4 Å². The van der Waals surface area contributed by atoms with Crippen molar-refractivity contribution in [1.29, 1.82) is 0 Å². The maximum atomic E-state index is 13.3. The summed E-state index contributed by atoms with van der Waals surface area (Å²) < 4.78 is 20.1. The Morgan fingerprint density at radius 2 is 2.03 bits per heavy atom. The van der Waals surface area contributed by atoms with E-state index in [9.17, 15) is 14.0 Å². The summed E-state index contributed by atoms with van der Waals surface area (Å²) in [6.45, 7) is 4.29. The quantitative estimate of drug-likeness (QED) is 0.178. The summed E-state index contributed by atoms with van der Waals surface area (Å²) in [7, 11) is 1.27. The van der Waals surface area contributed by atoms with Gasteiger partial charge in [0, 0.05) is 17.5 Å². The van der Waals surface area contributed by atoms with E-state index in [0.717, 1.165) is 4.88 Å². The highest BCUT2D eigenvalue weighted by Crippen LogP contribution is 2.36. The highest BCUT2D eigenvalue weighted by atomic mass is 32.2. The predicted molar refractivity (Wildman–Crippen MR) is 134 cm³/mol. The van der Waals surface area contributed by atoms with Crippen molar-refractivity contribution in [2.24, 2.45) is 0 Å². The van der Waals surface area contributed by atoms with Gasteiger partial charge in [0.25, 0.3) is 0 Å². The number of hydrogen-bond donors (Lipinski definition) is 1. The van der Waals surface area contributed by atoms with E-state index in [1.165, 1.54) is 42.3 Å². The molecule has 0 radical (unpaired) electrons. The van der Waals surface area contributed by atoms with Crippen LogP contribution in [0.3, 0.4) is 0 Å². The van der Waals surface area contributed by atoms with Crippen LogP contribution >= 0.6 is 34.4 Å². The molecule has 34 heavy (non-hydrogen) atoms. The number of anilines is 1. The molecule has 7 nitrogen and oxygen atoms in total. The van der Waals surface area contributed by atoms with Gasteiger partial charge in [0.1, 0.15) is 16.4 Å². The summed E-state index contributed by atoms with van der Waals surface area (Å²) in [6, 6.07) is 9.66. The first-order valence-electron chi connectivity index (χ1n) is 9.98. The van der Waals surface area contributed by atoms with Crippen molar-refractivity contribution >= 4 is 51.3 Å². The fraction of sp³-hybridized carbons (Fsp3) is 0.130. The maximum absolute atomic E-state index is 13.3. The van der Waals surface area contributed by atoms with Crippen molar-refractivity contribution < 1.29 is 18.7 Å². The van der Waals surface area contributed by atoms with Gasteiger partial charge in [0.2, 0.25) is 5.91 Å². The predicted octanol–water partition coefficient (Wildman–Crippen LogP) is 5.58. The zero-order valence-corrected chi connectivity index (χ0v) is 20.4. The number of rotatable bonds is 9. The standard InChI is InChI=1S/C23H19FN4O3S3/c1-3-10-28-20(17-5-4-11-32-17)26-27-23(28)34-13-18(29)25-21-19(22(30)31-2)16(12-33-21)14-6-8-15(24)9-7-14/h3-9,11-12H,1,10,13H2,2H3,(H,25,29). The third kappa shape index (κ3) is 5.11. The number of halogens is 1. The number of carbonyl (C=O) groups excluding carboxylic acids is 2. The number of carbonyl (C=O) groups is 2. The van der Waals surface area contributed by atoms with Crippen molar-refractivity contribution in [3.05, 3.63) is 71.2 Å². The Bertz CT molecular complexity index is 1310. The fourth-order valence-corrected chi connectivity index (χ4v) is 5.61. The molecule has 174 valence electrons. The normalized spacial score (nSPS) is 10.8. The first-order valence-corrected chi connectivity index (χ1v) is 12.7. The minimum absolute atomic E-state index is 0.0596. The molecule has 1 N–H and O–H groups in total. The monoisotopic (exact) mass is 514 g/mol. The molecule has 1 amide bonds. The van der Waals surface area contributed by atoms with E-state index < -0.39 is 5.97 Å². The van der Waals surface area contributed by atoms with Crippen LogP contribution in [-0.2, 0) is 16.1 Å². The number of thioether (sulfide) groups is 1. The molecule has 0 aliphatic rings. The van der Waals surface area contributed by atoms with E-state index in [4.69, 9.17) is 4.74 Å². The molecule has 3 heterocycles. The molecule has 0 bridgehead atoms. The van der Waals surface area contributed by atoms with Crippen LogP contribution in [0.4, 0.5) is 9.39 Å². The van der Waals surface area contributed by atoms with Gasteiger partial charge < -0.3 is 10.1 Å². The number of allylic oxidation sites excluding steroid dienone is 1. The zero-order valence-electron chi connectivity index (χ0n) is 18.0. The number of nitrogens with one attached hydrogen (secondary N) is 1. The lowest BCUT2D eigenvalue weighted by molar-refractivity contribution is -0.113. The average Bonchev–Trinajstić information content (AvgIpc) is 3.58. The third-order valence-electron chi connectivity index (χ3n) is 4.69. The topological polar surface area (TPSA) is 86.1 Å². The summed E-state index contributed by atoms with van der Waals surface area (Å²) >= 11 is 3.99. The smallest absolute Gasteiger partial charge is 0.341 e. The van der Waals surface area contributed by atoms with E-state index >= 15 is 0 Å². The van der Waals surface area contributed by atoms with E-state index in [2.05, 4.69) is 22.1 Å². The minimum atomic E-state index is -0.588. The van der Waals surface area contributed by atoms with Crippen LogP contribution in [0.15, 0.2) is 65.0 Å². The first-order chi connectivity index (χ1) is 16.5. The van der Waals surface area contributed by atoms with Crippen LogP contribution in [0.2, 0.25) is 0 Å². The van der Waals surface area contributed by atoms with Gasteiger partial charge in [-0.2, -0.15) is 0 Å². The van der Waals surface area contributed by atoms with Gasteiger partial charge in [0.05, 0.1) is 17.7 Å². The molecule has 3 aromatic heterocycles. The molecule has 1 aromatic carbocycles. The second-order valence-corrected chi connectivity index (χ2v) is 9.64. The summed E-state index contributed by atoms with van der Waals surface area (Å²) in [5.74, 6) is -0.503. The van der Waals surface area contributed by atoms with E-state index in [1.54, 1.807) is 34.9 Å². The Balaban J connectivity index is 1.51. The third-order valence-corrected chi connectivity index (χ3v) is 7.42. The molecule has 0 spiro atoms. The molecule has 0 saturated heterocycles. The minimum Gasteiger partial charge on any atom is -0.465 e. The number of hydrogen-bond acceptors (Lipinski definition) is 8. The molecule has 0 atom stereocenters. The SMILES string of the molecule is C=CCn1c(SCC(=O)Nc2scc(-c3ccc(F)cc3)c2C(=O)OC)nnc1-c1cccs1. The van der Waals surface area contributed by atoms with Gasteiger partial charge in [-0.05, 0) is 29.1 Å². The fourth-order valence-electron chi connectivity index (χ4n) is 3.17. The van der Waals surface area contributed by atoms with Gasteiger partial charge in [0.15, 0.2) is 11.0 Å². The van der Waals surface area contributed by atoms with Gasteiger partial charge in [-0.25, -0.2) is 9.18 Å². The summed E-state index contributed by atoms with van der Waals surface area (Å²) in [6.07, 6.45) is 1.75.